The summed E-state index contributed by atoms with van der Waals surface area (Å²) in [7, 11) is 0. The van der Waals surface area contributed by atoms with Gasteiger partial charge in [0.1, 0.15) is 5.00 Å². The van der Waals surface area contributed by atoms with E-state index in [1.165, 1.54) is 16.2 Å². The number of rotatable bonds is 7. The molecule has 0 unspecified atom stereocenters. The van der Waals surface area contributed by atoms with E-state index in [0.29, 0.717) is 10.6 Å². The van der Waals surface area contributed by atoms with Gasteiger partial charge in [-0.1, -0.05) is 26.7 Å². The fourth-order valence-corrected chi connectivity index (χ4v) is 4.24. The van der Waals surface area contributed by atoms with Gasteiger partial charge in [-0.25, -0.2) is 0 Å². The lowest BCUT2D eigenvalue weighted by Gasteiger charge is -2.14. The van der Waals surface area contributed by atoms with Crippen molar-refractivity contribution in [2.75, 3.05) is 5.32 Å². The van der Waals surface area contributed by atoms with Crippen LogP contribution in [0.15, 0.2) is 0 Å². The number of fused-ring (bicyclic) bond motifs is 1. The van der Waals surface area contributed by atoms with E-state index in [2.05, 4.69) is 12.2 Å². The van der Waals surface area contributed by atoms with E-state index in [1.807, 2.05) is 6.92 Å². The predicted octanol–water partition coefficient (Wildman–Crippen LogP) is 3.49. The first-order valence-electron chi connectivity index (χ1n) is 7.83. The molecule has 0 spiro atoms. The molecule has 0 radical (unpaired) electrons. The highest BCUT2D eigenvalue weighted by atomic mass is 32.1. The average Bonchev–Trinajstić information content (AvgIpc) is 2.99. The van der Waals surface area contributed by atoms with Crippen molar-refractivity contribution in [3.8, 4) is 0 Å². The Morgan fingerprint density at radius 2 is 2.10 bits per heavy atom. The third-order valence-corrected chi connectivity index (χ3v) is 5.38. The van der Waals surface area contributed by atoms with Gasteiger partial charge in [-0.2, -0.15) is 0 Å². The Morgan fingerprint density at radius 1 is 1.33 bits per heavy atom. The third-order valence-electron chi connectivity index (χ3n) is 4.17. The van der Waals surface area contributed by atoms with Crippen molar-refractivity contribution in [2.45, 2.75) is 58.8 Å². The molecular formula is C16H24N2O2S. The number of carbonyl (C=O) groups is 2. The van der Waals surface area contributed by atoms with Crippen LogP contribution in [0.5, 0.6) is 0 Å². The molecule has 2 amide bonds. The van der Waals surface area contributed by atoms with Crippen LogP contribution in [0.1, 0.15) is 66.8 Å². The van der Waals surface area contributed by atoms with Crippen molar-refractivity contribution in [1.29, 1.82) is 0 Å². The number of nitrogens with two attached hydrogens (primary N) is 1. The fourth-order valence-electron chi connectivity index (χ4n) is 2.94. The van der Waals surface area contributed by atoms with E-state index in [9.17, 15) is 9.59 Å². The van der Waals surface area contributed by atoms with E-state index in [1.54, 1.807) is 0 Å². The van der Waals surface area contributed by atoms with E-state index in [-0.39, 0.29) is 11.8 Å². The van der Waals surface area contributed by atoms with E-state index >= 15 is 0 Å². The van der Waals surface area contributed by atoms with Crippen LogP contribution in [0.2, 0.25) is 0 Å². The van der Waals surface area contributed by atoms with Gasteiger partial charge in [0.2, 0.25) is 5.91 Å². The van der Waals surface area contributed by atoms with Gasteiger partial charge in [0.05, 0.1) is 5.56 Å². The molecule has 2 rings (SSSR count). The minimum Gasteiger partial charge on any atom is -0.365 e. The molecule has 1 atom stereocenters. The van der Waals surface area contributed by atoms with Crippen molar-refractivity contribution >= 4 is 28.2 Å². The van der Waals surface area contributed by atoms with Gasteiger partial charge >= 0.3 is 0 Å². The SMILES string of the molecule is CCCC[C@H](CC)C(=O)Nc1sc2c(c1C(N)=O)CCC2. The summed E-state index contributed by atoms with van der Waals surface area (Å²) in [5.41, 5.74) is 7.12. The van der Waals surface area contributed by atoms with E-state index < -0.39 is 5.91 Å². The maximum atomic E-state index is 12.4. The molecule has 5 heteroatoms. The minimum absolute atomic E-state index is 0.0163. The number of aryl methyl sites for hydroxylation is 1. The topological polar surface area (TPSA) is 72.2 Å². The zero-order chi connectivity index (χ0) is 15.4. The van der Waals surface area contributed by atoms with Gasteiger partial charge in [0.15, 0.2) is 0 Å². The predicted molar refractivity (Wildman–Crippen MR) is 86.8 cm³/mol. The lowest BCUT2D eigenvalue weighted by atomic mass is 9.98. The van der Waals surface area contributed by atoms with Crippen LogP contribution in [0.3, 0.4) is 0 Å². The Kier molecular flexibility index (Phi) is 5.39. The summed E-state index contributed by atoms with van der Waals surface area (Å²) in [5, 5.41) is 3.62. The molecule has 1 aromatic rings. The molecule has 1 aromatic heterocycles. The summed E-state index contributed by atoms with van der Waals surface area (Å²) < 4.78 is 0. The number of nitrogens with one attached hydrogen (secondary N) is 1. The monoisotopic (exact) mass is 308 g/mol. The molecule has 4 nitrogen and oxygen atoms in total. The third kappa shape index (κ3) is 3.46. The van der Waals surface area contributed by atoms with Crippen LogP contribution >= 0.6 is 11.3 Å². The molecule has 0 aromatic carbocycles. The molecule has 0 fully saturated rings. The number of thiophene rings is 1. The number of anilines is 1. The second-order valence-corrected chi connectivity index (χ2v) is 6.77. The number of hydrogen-bond donors (Lipinski definition) is 2. The lowest BCUT2D eigenvalue weighted by Crippen LogP contribution is -2.24. The molecule has 0 saturated heterocycles. The quantitative estimate of drug-likeness (QED) is 0.809. The molecular weight excluding hydrogens is 284 g/mol. The number of amides is 2. The minimum atomic E-state index is -0.425. The first-order chi connectivity index (χ1) is 10.1. The van der Waals surface area contributed by atoms with Crippen molar-refractivity contribution in [3.05, 3.63) is 16.0 Å². The van der Waals surface area contributed by atoms with Crippen LogP contribution < -0.4 is 11.1 Å². The molecule has 1 heterocycles. The van der Waals surface area contributed by atoms with Gasteiger partial charge in [-0.15, -0.1) is 11.3 Å². The van der Waals surface area contributed by atoms with E-state index in [4.69, 9.17) is 5.73 Å². The Balaban J connectivity index is 2.15. The van der Waals surface area contributed by atoms with Crippen molar-refractivity contribution < 1.29 is 9.59 Å². The summed E-state index contributed by atoms with van der Waals surface area (Å²) in [6.45, 7) is 4.16. The van der Waals surface area contributed by atoms with Crippen LogP contribution in [-0.4, -0.2) is 11.8 Å². The van der Waals surface area contributed by atoms with Crippen LogP contribution in [-0.2, 0) is 17.6 Å². The largest absolute Gasteiger partial charge is 0.365 e. The van der Waals surface area contributed by atoms with Crippen LogP contribution in [0.25, 0.3) is 0 Å². The summed E-state index contributed by atoms with van der Waals surface area (Å²) in [5.74, 6) is -0.387. The number of carbonyl (C=O) groups excluding carboxylic acids is 2. The van der Waals surface area contributed by atoms with Crippen LogP contribution in [0, 0.1) is 5.92 Å². The highest BCUT2D eigenvalue weighted by Crippen LogP contribution is 2.39. The maximum absolute atomic E-state index is 12.4. The fraction of sp³-hybridized carbons (Fsp3) is 0.625. The highest BCUT2D eigenvalue weighted by Gasteiger charge is 2.27. The van der Waals surface area contributed by atoms with Gasteiger partial charge < -0.3 is 11.1 Å². The normalized spacial score (nSPS) is 14.8. The zero-order valence-electron chi connectivity index (χ0n) is 12.8. The first kappa shape index (κ1) is 16.0. The van der Waals surface area contributed by atoms with Gasteiger partial charge in [0, 0.05) is 10.8 Å². The van der Waals surface area contributed by atoms with E-state index in [0.717, 1.165) is 50.5 Å². The standard InChI is InChI=1S/C16H24N2O2S/c1-3-5-7-10(4-2)15(20)18-16-13(14(17)19)11-8-6-9-12(11)21-16/h10H,3-9H2,1-2H3,(H2,17,19)(H,18,20)/t10-/m0/s1. The van der Waals surface area contributed by atoms with Crippen LogP contribution in [0.4, 0.5) is 5.00 Å². The second kappa shape index (κ2) is 7.07. The average molecular weight is 308 g/mol. The molecule has 1 aliphatic carbocycles. The number of hydrogen-bond acceptors (Lipinski definition) is 3. The Hall–Kier alpha value is -1.36. The molecule has 0 saturated carbocycles. The molecule has 0 aliphatic heterocycles. The Bertz CT molecular complexity index is 537. The van der Waals surface area contributed by atoms with Crippen molar-refractivity contribution in [3.63, 3.8) is 0 Å². The maximum Gasteiger partial charge on any atom is 0.251 e. The highest BCUT2D eigenvalue weighted by molar-refractivity contribution is 7.17. The summed E-state index contributed by atoms with van der Waals surface area (Å²) in [4.78, 5) is 25.3. The Morgan fingerprint density at radius 3 is 2.71 bits per heavy atom. The number of primary amides is 1. The molecule has 21 heavy (non-hydrogen) atoms. The smallest absolute Gasteiger partial charge is 0.251 e. The lowest BCUT2D eigenvalue weighted by molar-refractivity contribution is -0.120. The van der Waals surface area contributed by atoms with Gasteiger partial charge in [0.25, 0.3) is 5.91 Å². The summed E-state index contributed by atoms with van der Waals surface area (Å²) in [6.07, 6.45) is 6.82. The van der Waals surface area contributed by atoms with Crippen molar-refractivity contribution in [1.82, 2.24) is 0 Å². The summed E-state index contributed by atoms with van der Waals surface area (Å²) in [6, 6.07) is 0. The number of unbranched alkanes of at least 4 members (excludes halogenated alkanes) is 1. The first-order valence-corrected chi connectivity index (χ1v) is 8.65. The molecule has 116 valence electrons. The second-order valence-electron chi connectivity index (χ2n) is 5.66. The molecule has 0 bridgehead atoms. The Labute approximate surface area is 130 Å². The van der Waals surface area contributed by atoms with Gasteiger partial charge in [-0.05, 0) is 37.7 Å². The molecule has 3 N–H and O–H groups in total. The molecule has 1 aliphatic rings. The zero-order valence-corrected chi connectivity index (χ0v) is 13.6. The van der Waals surface area contributed by atoms with Crippen molar-refractivity contribution in [2.24, 2.45) is 11.7 Å². The van der Waals surface area contributed by atoms with Gasteiger partial charge in [-0.3, -0.25) is 9.59 Å². The summed E-state index contributed by atoms with van der Waals surface area (Å²) >= 11 is 1.52.